The van der Waals surface area contributed by atoms with Gasteiger partial charge in [-0.3, -0.25) is 9.89 Å². The molecule has 0 saturated carbocycles. The van der Waals surface area contributed by atoms with Crippen LogP contribution in [0.2, 0.25) is 0 Å². The second-order valence-corrected chi connectivity index (χ2v) is 6.22. The molecule has 0 unspecified atom stereocenters. The van der Waals surface area contributed by atoms with E-state index >= 15 is 0 Å². The second kappa shape index (κ2) is 7.47. The van der Waals surface area contributed by atoms with Crippen LogP contribution >= 0.6 is 0 Å². The maximum absolute atomic E-state index is 12.6. The van der Waals surface area contributed by atoms with E-state index in [0.29, 0.717) is 5.92 Å². The van der Waals surface area contributed by atoms with Gasteiger partial charge in [-0.1, -0.05) is 6.92 Å². The molecule has 2 heterocycles. The van der Waals surface area contributed by atoms with Gasteiger partial charge in [-0.05, 0) is 43.0 Å². The third-order valence-electron chi connectivity index (χ3n) is 4.61. The van der Waals surface area contributed by atoms with Gasteiger partial charge in [-0.15, -0.1) is 0 Å². The molecule has 6 heteroatoms. The first kappa shape index (κ1) is 16.5. The van der Waals surface area contributed by atoms with Crippen molar-refractivity contribution in [1.82, 2.24) is 20.1 Å². The number of methoxy groups -OCH3 is 1. The standard InChI is InChI=1S/C18H24N4O2/c1-3-16-19-17(21-20-16)12-13-8-10-22(11-9-13)18(23)14-4-6-15(24-2)7-5-14/h4-7,13H,3,8-12H2,1-2H3,(H,19,20,21). The van der Waals surface area contributed by atoms with Crippen molar-refractivity contribution in [2.45, 2.75) is 32.6 Å². The first-order valence-electron chi connectivity index (χ1n) is 8.53. The van der Waals surface area contributed by atoms with Crippen molar-refractivity contribution in [2.24, 2.45) is 5.92 Å². The molecule has 1 aliphatic heterocycles. The van der Waals surface area contributed by atoms with Crippen LogP contribution in [0.5, 0.6) is 5.75 Å². The monoisotopic (exact) mass is 328 g/mol. The smallest absolute Gasteiger partial charge is 0.253 e. The van der Waals surface area contributed by atoms with Crippen molar-refractivity contribution in [3.8, 4) is 5.75 Å². The molecular formula is C18H24N4O2. The Kier molecular flexibility index (Phi) is 5.13. The van der Waals surface area contributed by atoms with Crippen LogP contribution in [-0.4, -0.2) is 46.2 Å². The second-order valence-electron chi connectivity index (χ2n) is 6.22. The summed E-state index contributed by atoms with van der Waals surface area (Å²) in [5, 5.41) is 7.21. The van der Waals surface area contributed by atoms with E-state index in [1.165, 1.54) is 0 Å². The molecule has 1 amide bonds. The number of aromatic nitrogens is 3. The molecule has 2 aromatic rings. The number of piperidine rings is 1. The Hall–Kier alpha value is -2.37. The quantitative estimate of drug-likeness (QED) is 0.915. The molecule has 0 aliphatic carbocycles. The normalized spacial score (nSPS) is 15.5. The fraction of sp³-hybridized carbons (Fsp3) is 0.500. The van der Waals surface area contributed by atoms with Crippen LogP contribution in [0.3, 0.4) is 0 Å². The highest BCUT2D eigenvalue weighted by Crippen LogP contribution is 2.22. The van der Waals surface area contributed by atoms with Crippen LogP contribution < -0.4 is 4.74 Å². The Labute approximate surface area is 142 Å². The lowest BCUT2D eigenvalue weighted by Gasteiger charge is -2.31. The van der Waals surface area contributed by atoms with Crippen molar-refractivity contribution in [2.75, 3.05) is 20.2 Å². The third-order valence-corrected chi connectivity index (χ3v) is 4.61. The van der Waals surface area contributed by atoms with E-state index in [0.717, 1.165) is 61.7 Å². The Balaban J connectivity index is 1.53. The van der Waals surface area contributed by atoms with E-state index in [9.17, 15) is 4.79 Å². The molecule has 1 aromatic heterocycles. The molecule has 1 fully saturated rings. The molecule has 0 radical (unpaired) electrons. The zero-order chi connectivity index (χ0) is 16.9. The fourth-order valence-corrected chi connectivity index (χ4v) is 3.11. The van der Waals surface area contributed by atoms with E-state index in [1.54, 1.807) is 7.11 Å². The van der Waals surface area contributed by atoms with Crippen molar-refractivity contribution in [3.05, 3.63) is 41.5 Å². The zero-order valence-electron chi connectivity index (χ0n) is 14.3. The highest BCUT2D eigenvalue weighted by atomic mass is 16.5. The maximum Gasteiger partial charge on any atom is 0.253 e. The number of ether oxygens (including phenoxy) is 1. The van der Waals surface area contributed by atoms with Crippen LogP contribution in [0.1, 0.15) is 41.8 Å². The van der Waals surface area contributed by atoms with Gasteiger partial charge in [0, 0.05) is 31.5 Å². The molecule has 0 bridgehead atoms. The molecule has 0 spiro atoms. The number of likely N-dealkylation sites (tertiary alicyclic amines) is 1. The number of amides is 1. The predicted octanol–water partition coefficient (Wildman–Crippen LogP) is 2.47. The van der Waals surface area contributed by atoms with Crippen molar-refractivity contribution < 1.29 is 9.53 Å². The highest BCUT2D eigenvalue weighted by molar-refractivity contribution is 5.94. The molecule has 1 aromatic carbocycles. The lowest BCUT2D eigenvalue weighted by atomic mass is 9.93. The van der Waals surface area contributed by atoms with E-state index < -0.39 is 0 Å². The van der Waals surface area contributed by atoms with Gasteiger partial charge < -0.3 is 9.64 Å². The predicted molar refractivity (Wildman–Crippen MR) is 91.1 cm³/mol. The molecule has 3 rings (SSSR count). The number of nitrogens with zero attached hydrogens (tertiary/aromatic N) is 3. The number of aromatic amines is 1. The SMILES string of the molecule is CCc1n[nH]c(CC2CCN(C(=O)c3ccc(OC)cc3)CC2)n1. The van der Waals surface area contributed by atoms with Crippen molar-refractivity contribution in [1.29, 1.82) is 0 Å². The average molecular weight is 328 g/mol. The summed E-state index contributed by atoms with van der Waals surface area (Å²) in [4.78, 5) is 19.0. The first-order valence-corrected chi connectivity index (χ1v) is 8.53. The zero-order valence-corrected chi connectivity index (χ0v) is 14.3. The number of carbonyl (C=O) groups is 1. The fourth-order valence-electron chi connectivity index (χ4n) is 3.11. The number of aryl methyl sites for hydroxylation is 1. The Morgan fingerprint density at radius 1 is 1.29 bits per heavy atom. The Morgan fingerprint density at radius 2 is 2.00 bits per heavy atom. The number of rotatable bonds is 5. The molecule has 1 N–H and O–H groups in total. The minimum absolute atomic E-state index is 0.101. The third kappa shape index (κ3) is 3.75. The number of nitrogens with one attached hydrogen (secondary N) is 1. The summed E-state index contributed by atoms with van der Waals surface area (Å²) in [6.07, 6.45) is 3.77. The average Bonchev–Trinajstić information content (AvgIpc) is 3.09. The van der Waals surface area contributed by atoms with Gasteiger partial charge in [0.05, 0.1) is 7.11 Å². The molecule has 0 atom stereocenters. The highest BCUT2D eigenvalue weighted by Gasteiger charge is 2.24. The first-order chi connectivity index (χ1) is 11.7. The van der Waals surface area contributed by atoms with E-state index in [-0.39, 0.29) is 5.91 Å². The topological polar surface area (TPSA) is 71.1 Å². The van der Waals surface area contributed by atoms with Gasteiger partial charge in [0.15, 0.2) is 0 Å². The summed E-state index contributed by atoms with van der Waals surface area (Å²) in [7, 11) is 1.62. The summed E-state index contributed by atoms with van der Waals surface area (Å²) in [5.41, 5.74) is 0.720. The number of carbonyl (C=O) groups excluding carboxylic acids is 1. The van der Waals surface area contributed by atoms with E-state index in [1.807, 2.05) is 29.2 Å². The minimum Gasteiger partial charge on any atom is -0.497 e. The van der Waals surface area contributed by atoms with Gasteiger partial charge >= 0.3 is 0 Å². The number of hydrogen-bond acceptors (Lipinski definition) is 4. The minimum atomic E-state index is 0.101. The lowest BCUT2D eigenvalue weighted by molar-refractivity contribution is 0.0690. The van der Waals surface area contributed by atoms with E-state index in [2.05, 4.69) is 22.1 Å². The van der Waals surface area contributed by atoms with Gasteiger partial charge in [0.1, 0.15) is 17.4 Å². The molecule has 6 nitrogen and oxygen atoms in total. The largest absolute Gasteiger partial charge is 0.497 e. The molecule has 1 saturated heterocycles. The Morgan fingerprint density at radius 3 is 2.58 bits per heavy atom. The number of H-pyrrole nitrogens is 1. The van der Waals surface area contributed by atoms with Crippen molar-refractivity contribution in [3.63, 3.8) is 0 Å². The molecule has 24 heavy (non-hydrogen) atoms. The number of hydrogen-bond donors (Lipinski definition) is 1. The molecular weight excluding hydrogens is 304 g/mol. The summed E-state index contributed by atoms with van der Waals surface area (Å²) in [5.74, 6) is 3.26. The summed E-state index contributed by atoms with van der Waals surface area (Å²) in [6.45, 7) is 3.64. The van der Waals surface area contributed by atoms with E-state index in [4.69, 9.17) is 4.74 Å². The molecule has 128 valence electrons. The van der Waals surface area contributed by atoms with Crippen molar-refractivity contribution >= 4 is 5.91 Å². The van der Waals surface area contributed by atoms with Crippen LogP contribution in [0.15, 0.2) is 24.3 Å². The lowest BCUT2D eigenvalue weighted by Crippen LogP contribution is -2.39. The summed E-state index contributed by atoms with van der Waals surface area (Å²) >= 11 is 0. The van der Waals surface area contributed by atoms with Crippen LogP contribution in [0.25, 0.3) is 0 Å². The number of benzene rings is 1. The van der Waals surface area contributed by atoms with Gasteiger partial charge in [-0.25, -0.2) is 4.98 Å². The summed E-state index contributed by atoms with van der Waals surface area (Å²) in [6, 6.07) is 7.31. The van der Waals surface area contributed by atoms with Gasteiger partial charge in [0.2, 0.25) is 0 Å². The Bertz CT molecular complexity index is 673. The van der Waals surface area contributed by atoms with Crippen LogP contribution in [0.4, 0.5) is 0 Å². The van der Waals surface area contributed by atoms with Gasteiger partial charge in [0.25, 0.3) is 5.91 Å². The maximum atomic E-state index is 12.6. The van der Waals surface area contributed by atoms with Crippen LogP contribution in [-0.2, 0) is 12.8 Å². The van der Waals surface area contributed by atoms with Gasteiger partial charge in [-0.2, -0.15) is 5.10 Å². The molecule has 1 aliphatic rings. The van der Waals surface area contributed by atoms with Crippen LogP contribution in [0, 0.1) is 5.92 Å². The summed E-state index contributed by atoms with van der Waals surface area (Å²) < 4.78 is 5.14.